The Labute approximate surface area is 126 Å². The molecule has 0 aliphatic carbocycles. The number of carbonyl (C=O) groups is 1. The number of hydrogen-bond donors (Lipinski definition) is 0. The third kappa shape index (κ3) is 2.06. The van der Waals surface area contributed by atoms with E-state index in [1.165, 1.54) is 0 Å². The molecular weight excluding hydrogens is 282 g/mol. The van der Waals surface area contributed by atoms with E-state index in [2.05, 4.69) is 6.07 Å². The quantitative estimate of drug-likeness (QED) is 0.755. The van der Waals surface area contributed by atoms with Crippen LogP contribution >= 0.6 is 11.8 Å². The highest BCUT2D eigenvalue weighted by Gasteiger charge is 2.40. The van der Waals surface area contributed by atoms with Crippen LogP contribution in [0.1, 0.15) is 33.2 Å². The number of nitriles is 1. The minimum Gasteiger partial charge on any atom is -0.348 e. The predicted molar refractivity (Wildman–Crippen MR) is 79.1 cm³/mol. The Morgan fingerprint density at radius 1 is 1.19 bits per heavy atom. The lowest BCUT2D eigenvalue weighted by atomic mass is 9.98. The summed E-state index contributed by atoms with van der Waals surface area (Å²) in [5.74, 6) is 0.858. The maximum Gasteiger partial charge on any atom is 0.194 e. The van der Waals surface area contributed by atoms with Crippen LogP contribution in [0.5, 0.6) is 0 Å². The number of thioether (sulfide) groups is 1. The van der Waals surface area contributed by atoms with Crippen LogP contribution in [0.2, 0.25) is 0 Å². The molecule has 2 heterocycles. The normalized spacial score (nSPS) is 22.7. The molecule has 4 rings (SSSR count). The number of carbonyl (C=O) groups excluding carboxylic acids is 1. The summed E-state index contributed by atoms with van der Waals surface area (Å²) in [5, 5.41) is 8.85. The van der Waals surface area contributed by atoms with E-state index < -0.39 is 0 Å². The van der Waals surface area contributed by atoms with Gasteiger partial charge in [0, 0.05) is 21.8 Å². The molecule has 1 fully saturated rings. The number of nitrogens with zero attached hydrogens (tertiary/aromatic N) is 1. The van der Waals surface area contributed by atoms with Crippen LogP contribution in [0.15, 0.2) is 47.4 Å². The Morgan fingerprint density at radius 2 is 2.05 bits per heavy atom. The number of fused-ring (bicyclic) bond motifs is 2. The standard InChI is InChI=1S/C17H11NO2S/c18-8-14-17(20-14)10-5-6-13-15(7-10)21-9-11-3-1-2-4-12(11)16(13)19/h1-7,14,17H,9H2. The van der Waals surface area contributed by atoms with Crippen LogP contribution in [0.3, 0.4) is 0 Å². The molecule has 4 heteroatoms. The summed E-state index contributed by atoms with van der Waals surface area (Å²) in [6.45, 7) is 0. The number of benzene rings is 2. The lowest BCUT2D eigenvalue weighted by molar-refractivity contribution is 0.103. The molecule has 102 valence electrons. The van der Waals surface area contributed by atoms with Crippen molar-refractivity contribution in [2.45, 2.75) is 22.9 Å². The Bertz CT molecular complexity index is 794. The van der Waals surface area contributed by atoms with Gasteiger partial charge >= 0.3 is 0 Å². The molecule has 2 atom stereocenters. The van der Waals surface area contributed by atoms with Gasteiger partial charge in [-0.15, -0.1) is 11.8 Å². The van der Waals surface area contributed by atoms with Crippen LogP contribution in [-0.2, 0) is 10.5 Å². The second-order valence-corrected chi connectivity index (χ2v) is 6.15. The van der Waals surface area contributed by atoms with E-state index in [-0.39, 0.29) is 18.0 Å². The van der Waals surface area contributed by atoms with Gasteiger partial charge in [0.1, 0.15) is 6.10 Å². The molecule has 1 saturated heterocycles. The van der Waals surface area contributed by atoms with Gasteiger partial charge in [0.25, 0.3) is 0 Å². The van der Waals surface area contributed by atoms with Gasteiger partial charge in [-0.3, -0.25) is 4.79 Å². The van der Waals surface area contributed by atoms with E-state index in [1.807, 2.05) is 42.5 Å². The minimum atomic E-state index is -0.341. The first-order valence-electron chi connectivity index (χ1n) is 6.72. The zero-order valence-corrected chi connectivity index (χ0v) is 11.9. The summed E-state index contributed by atoms with van der Waals surface area (Å²) in [6.07, 6.45) is -0.478. The average molecular weight is 293 g/mol. The third-order valence-electron chi connectivity index (χ3n) is 3.84. The third-order valence-corrected chi connectivity index (χ3v) is 4.95. The second kappa shape index (κ2) is 4.73. The number of epoxide rings is 1. The van der Waals surface area contributed by atoms with E-state index in [0.29, 0.717) is 0 Å². The monoisotopic (exact) mass is 293 g/mol. The fraction of sp³-hybridized carbons (Fsp3) is 0.176. The van der Waals surface area contributed by atoms with Crippen LogP contribution < -0.4 is 0 Å². The van der Waals surface area contributed by atoms with Crippen molar-refractivity contribution in [1.29, 1.82) is 5.26 Å². The van der Waals surface area contributed by atoms with Gasteiger partial charge in [0.15, 0.2) is 11.9 Å². The summed E-state index contributed by atoms with van der Waals surface area (Å²) in [5.41, 5.74) is 3.58. The van der Waals surface area contributed by atoms with Crippen LogP contribution in [0, 0.1) is 11.3 Å². The maximum absolute atomic E-state index is 12.6. The van der Waals surface area contributed by atoms with Crippen LogP contribution in [-0.4, -0.2) is 11.9 Å². The average Bonchev–Trinajstić information content (AvgIpc) is 3.32. The van der Waals surface area contributed by atoms with E-state index in [4.69, 9.17) is 10.00 Å². The van der Waals surface area contributed by atoms with Crippen molar-refractivity contribution in [2.24, 2.45) is 0 Å². The first-order chi connectivity index (χ1) is 10.3. The minimum absolute atomic E-state index is 0.0747. The van der Waals surface area contributed by atoms with Crippen molar-refractivity contribution in [3.05, 3.63) is 64.7 Å². The number of ketones is 1. The van der Waals surface area contributed by atoms with Crippen molar-refractivity contribution in [3.63, 3.8) is 0 Å². The maximum atomic E-state index is 12.6. The van der Waals surface area contributed by atoms with Gasteiger partial charge in [-0.1, -0.05) is 30.3 Å². The van der Waals surface area contributed by atoms with Gasteiger partial charge in [0.05, 0.1) is 6.07 Å². The van der Waals surface area contributed by atoms with Gasteiger partial charge in [-0.25, -0.2) is 0 Å². The molecular formula is C17H11NO2S. The number of rotatable bonds is 1. The SMILES string of the molecule is N#CC1OC1c1ccc2c(c1)SCc1ccccc1C2=O. The summed E-state index contributed by atoms with van der Waals surface area (Å²) in [7, 11) is 0. The topological polar surface area (TPSA) is 53.4 Å². The lowest BCUT2D eigenvalue weighted by Crippen LogP contribution is -2.03. The molecule has 0 radical (unpaired) electrons. The Hall–Kier alpha value is -2.09. The molecule has 0 spiro atoms. The predicted octanol–water partition coefficient (Wildman–Crippen LogP) is 3.49. The summed E-state index contributed by atoms with van der Waals surface area (Å²) in [6, 6.07) is 15.6. The van der Waals surface area contributed by atoms with E-state index in [9.17, 15) is 4.79 Å². The molecule has 0 bridgehead atoms. The molecule has 0 aromatic heterocycles. The Balaban J connectivity index is 1.75. The zero-order valence-electron chi connectivity index (χ0n) is 11.1. The molecule has 2 unspecified atom stereocenters. The first-order valence-corrected chi connectivity index (χ1v) is 7.71. The summed E-state index contributed by atoms with van der Waals surface area (Å²) < 4.78 is 5.31. The summed E-state index contributed by atoms with van der Waals surface area (Å²) >= 11 is 1.66. The van der Waals surface area contributed by atoms with Gasteiger partial charge < -0.3 is 4.74 Å². The molecule has 21 heavy (non-hydrogen) atoms. The number of hydrogen-bond acceptors (Lipinski definition) is 4. The first kappa shape index (κ1) is 12.6. The fourth-order valence-corrected chi connectivity index (χ4v) is 3.75. The Morgan fingerprint density at radius 3 is 2.86 bits per heavy atom. The molecule has 0 amide bonds. The molecule has 2 aliphatic heterocycles. The van der Waals surface area contributed by atoms with Crippen molar-refractivity contribution >= 4 is 17.5 Å². The molecule has 3 nitrogen and oxygen atoms in total. The van der Waals surface area contributed by atoms with Crippen LogP contribution in [0.4, 0.5) is 0 Å². The van der Waals surface area contributed by atoms with Crippen LogP contribution in [0.25, 0.3) is 0 Å². The van der Waals surface area contributed by atoms with Gasteiger partial charge in [-0.2, -0.15) is 5.26 Å². The molecule has 2 aromatic carbocycles. The largest absolute Gasteiger partial charge is 0.348 e. The smallest absolute Gasteiger partial charge is 0.194 e. The van der Waals surface area contributed by atoms with Gasteiger partial charge in [-0.05, 0) is 23.3 Å². The molecule has 2 aromatic rings. The Kier molecular flexibility index (Phi) is 2.85. The van der Waals surface area contributed by atoms with Crippen molar-refractivity contribution in [3.8, 4) is 6.07 Å². The molecule has 2 aliphatic rings. The van der Waals surface area contributed by atoms with Crippen molar-refractivity contribution < 1.29 is 9.53 Å². The zero-order chi connectivity index (χ0) is 14.4. The highest BCUT2D eigenvalue weighted by molar-refractivity contribution is 7.98. The van der Waals surface area contributed by atoms with E-state index in [1.54, 1.807) is 11.8 Å². The molecule has 0 N–H and O–H groups in total. The highest BCUT2D eigenvalue weighted by Crippen LogP contribution is 2.41. The van der Waals surface area contributed by atoms with E-state index >= 15 is 0 Å². The van der Waals surface area contributed by atoms with E-state index in [0.717, 1.165) is 32.9 Å². The highest BCUT2D eigenvalue weighted by atomic mass is 32.2. The molecule has 0 saturated carbocycles. The van der Waals surface area contributed by atoms with Crippen molar-refractivity contribution in [2.75, 3.05) is 0 Å². The fourth-order valence-electron chi connectivity index (χ4n) is 2.66. The van der Waals surface area contributed by atoms with Crippen molar-refractivity contribution in [1.82, 2.24) is 0 Å². The number of ether oxygens (including phenoxy) is 1. The summed E-state index contributed by atoms with van der Waals surface area (Å²) in [4.78, 5) is 13.6. The van der Waals surface area contributed by atoms with Gasteiger partial charge in [0.2, 0.25) is 0 Å². The second-order valence-electron chi connectivity index (χ2n) is 5.14. The lowest BCUT2D eigenvalue weighted by Gasteiger charge is -2.06.